The van der Waals surface area contributed by atoms with Gasteiger partial charge in [0, 0.05) is 26.0 Å². The number of ether oxygens (including phenoxy) is 4. The number of hydrogen-bond acceptors (Lipinski definition) is 6. The lowest BCUT2D eigenvalue weighted by Gasteiger charge is -2.43. The van der Waals surface area contributed by atoms with E-state index in [1.54, 1.807) is 0 Å². The zero-order valence-corrected chi connectivity index (χ0v) is 14.3. The van der Waals surface area contributed by atoms with E-state index in [-0.39, 0.29) is 22.7 Å². The van der Waals surface area contributed by atoms with Gasteiger partial charge in [0.25, 0.3) is 0 Å². The lowest BCUT2D eigenvalue weighted by Crippen LogP contribution is -2.52. The third-order valence-corrected chi connectivity index (χ3v) is 5.74. The van der Waals surface area contributed by atoms with Crippen LogP contribution in [0, 0.1) is 5.41 Å². The predicted molar refractivity (Wildman–Crippen MR) is 84.0 cm³/mol. The van der Waals surface area contributed by atoms with E-state index in [0.29, 0.717) is 32.8 Å². The summed E-state index contributed by atoms with van der Waals surface area (Å²) in [6.45, 7) is 5.90. The summed E-state index contributed by atoms with van der Waals surface area (Å²) < 4.78 is 22.0. The highest BCUT2D eigenvalue weighted by atomic mass is 16.7. The van der Waals surface area contributed by atoms with Crippen LogP contribution in [-0.2, 0) is 23.7 Å². The van der Waals surface area contributed by atoms with Crippen LogP contribution >= 0.6 is 0 Å². The summed E-state index contributed by atoms with van der Waals surface area (Å²) in [6, 6.07) is 0. The predicted octanol–water partition coefficient (Wildman–Crippen LogP) is 1.62. The van der Waals surface area contributed by atoms with Gasteiger partial charge in [0.2, 0.25) is 0 Å². The summed E-state index contributed by atoms with van der Waals surface area (Å²) in [5.41, 5.74) is -0.0716. The van der Waals surface area contributed by atoms with Crippen LogP contribution in [0.3, 0.4) is 0 Å². The third kappa shape index (κ3) is 3.87. The number of methoxy groups -OCH3 is 1. The summed E-state index contributed by atoms with van der Waals surface area (Å²) in [5.74, 6) is -0.497. The molecule has 2 saturated heterocycles. The maximum atomic E-state index is 11.7. The highest BCUT2D eigenvalue weighted by Gasteiger charge is 2.45. The van der Waals surface area contributed by atoms with Crippen molar-refractivity contribution in [1.29, 1.82) is 0 Å². The fourth-order valence-electron chi connectivity index (χ4n) is 3.89. The number of esters is 1. The second-order valence-electron chi connectivity index (χ2n) is 7.61. The Kier molecular flexibility index (Phi) is 4.97. The topological polar surface area (TPSA) is 66.0 Å². The molecule has 0 aromatic rings. The van der Waals surface area contributed by atoms with Gasteiger partial charge in [-0.3, -0.25) is 4.79 Å². The number of nitrogens with one attached hydrogen (secondary N) is 1. The molecule has 1 spiro atoms. The number of carbonyl (C=O) groups is 1. The minimum absolute atomic E-state index is 0.177. The Morgan fingerprint density at radius 1 is 1.09 bits per heavy atom. The van der Waals surface area contributed by atoms with Crippen LogP contribution in [0.2, 0.25) is 0 Å². The van der Waals surface area contributed by atoms with Gasteiger partial charge in [-0.05, 0) is 24.7 Å². The molecule has 3 rings (SSSR count). The largest absolute Gasteiger partial charge is 0.469 e. The first-order chi connectivity index (χ1) is 11.0. The maximum absolute atomic E-state index is 11.7. The first kappa shape index (κ1) is 17.1. The van der Waals surface area contributed by atoms with E-state index in [4.69, 9.17) is 18.9 Å². The van der Waals surface area contributed by atoms with Gasteiger partial charge in [-0.2, -0.15) is 0 Å². The van der Waals surface area contributed by atoms with Crippen molar-refractivity contribution in [3.63, 3.8) is 0 Å². The van der Waals surface area contributed by atoms with E-state index < -0.39 is 0 Å². The van der Waals surface area contributed by atoms with E-state index >= 15 is 0 Å². The van der Waals surface area contributed by atoms with Gasteiger partial charge >= 0.3 is 5.97 Å². The van der Waals surface area contributed by atoms with Crippen molar-refractivity contribution in [2.75, 3.05) is 40.1 Å². The molecule has 0 aromatic carbocycles. The van der Waals surface area contributed by atoms with Crippen LogP contribution in [-0.4, -0.2) is 57.4 Å². The molecule has 3 fully saturated rings. The molecular formula is C17H29NO5. The summed E-state index contributed by atoms with van der Waals surface area (Å²) >= 11 is 0. The second kappa shape index (κ2) is 6.67. The van der Waals surface area contributed by atoms with Gasteiger partial charge in [0.15, 0.2) is 5.79 Å². The molecule has 6 nitrogen and oxygen atoms in total. The monoisotopic (exact) mass is 327 g/mol. The number of hydrogen-bond donors (Lipinski definition) is 1. The Morgan fingerprint density at radius 2 is 1.78 bits per heavy atom. The summed E-state index contributed by atoms with van der Waals surface area (Å²) in [6.07, 6.45) is 5.26. The van der Waals surface area contributed by atoms with E-state index in [1.807, 2.05) is 0 Å². The molecule has 1 saturated carbocycles. The standard InChI is InChI=1S/C17H29NO5/c1-15(3-5-17(6-4-15)22-9-10-23-17)12-18-16(7-8-21-13-16)11-14(19)20-2/h18H,3-13H2,1-2H3. The molecule has 3 aliphatic rings. The minimum Gasteiger partial charge on any atom is -0.469 e. The molecule has 1 atom stereocenters. The molecule has 1 unspecified atom stereocenters. The average molecular weight is 327 g/mol. The molecule has 6 heteroatoms. The quantitative estimate of drug-likeness (QED) is 0.774. The summed E-state index contributed by atoms with van der Waals surface area (Å²) in [5, 5.41) is 3.64. The lowest BCUT2D eigenvalue weighted by molar-refractivity contribution is -0.190. The van der Waals surface area contributed by atoms with Crippen LogP contribution in [0.15, 0.2) is 0 Å². The maximum Gasteiger partial charge on any atom is 0.307 e. The SMILES string of the molecule is COC(=O)CC1(NCC2(C)CCC3(CC2)OCCO3)CCOC1. The Morgan fingerprint density at radius 3 is 2.35 bits per heavy atom. The van der Waals surface area contributed by atoms with Crippen LogP contribution in [0.5, 0.6) is 0 Å². The molecule has 0 amide bonds. The Bertz CT molecular complexity index is 417. The Balaban J connectivity index is 1.54. The van der Waals surface area contributed by atoms with Crippen LogP contribution < -0.4 is 5.32 Å². The van der Waals surface area contributed by atoms with Crippen molar-refractivity contribution in [2.24, 2.45) is 5.41 Å². The minimum atomic E-state index is -0.320. The first-order valence-corrected chi connectivity index (χ1v) is 8.66. The lowest BCUT2D eigenvalue weighted by atomic mass is 9.72. The van der Waals surface area contributed by atoms with Gasteiger partial charge in [0.05, 0.1) is 38.9 Å². The highest BCUT2D eigenvalue weighted by Crippen LogP contribution is 2.44. The third-order valence-electron chi connectivity index (χ3n) is 5.74. The molecule has 0 radical (unpaired) electrons. The van der Waals surface area contributed by atoms with E-state index in [0.717, 1.165) is 38.6 Å². The molecular weight excluding hydrogens is 298 g/mol. The van der Waals surface area contributed by atoms with Gasteiger partial charge in [-0.25, -0.2) is 0 Å². The Labute approximate surface area is 138 Å². The van der Waals surface area contributed by atoms with Crippen molar-refractivity contribution in [3.05, 3.63) is 0 Å². The van der Waals surface area contributed by atoms with Crippen LogP contribution in [0.4, 0.5) is 0 Å². The zero-order valence-electron chi connectivity index (χ0n) is 14.3. The molecule has 2 aliphatic heterocycles. The van der Waals surface area contributed by atoms with Gasteiger partial charge < -0.3 is 24.3 Å². The smallest absolute Gasteiger partial charge is 0.307 e. The fourth-order valence-corrected chi connectivity index (χ4v) is 3.89. The summed E-state index contributed by atoms with van der Waals surface area (Å²) in [7, 11) is 1.44. The van der Waals surface area contributed by atoms with Crippen molar-refractivity contribution >= 4 is 5.97 Å². The first-order valence-electron chi connectivity index (χ1n) is 8.66. The van der Waals surface area contributed by atoms with E-state index in [2.05, 4.69) is 12.2 Å². The van der Waals surface area contributed by atoms with Crippen LogP contribution in [0.25, 0.3) is 0 Å². The molecule has 2 heterocycles. The molecule has 132 valence electrons. The molecule has 0 aromatic heterocycles. The van der Waals surface area contributed by atoms with Crippen molar-refractivity contribution in [3.8, 4) is 0 Å². The molecule has 1 aliphatic carbocycles. The summed E-state index contributed by atoms with van der Waals surface area (Å²) in [4.78, 5) is 11.7. The zero-order chi connectivity index (χ0) is 16.4. The molecule has 1 N–H and O–H groups in total. The average Bonchev–Trinajstić information content (AvgIpc) is 3.20. The normalized spacial score (nSPS) is 32.3. The van der Waals surface area contributed by atoms with E-state index in [9.17, 15) is 4.79 Å². The van der Waals surface area contributed by atoms with Gasteiger partial charge in [-0.1, -0.05) is 6.92 Å². The highest BCUT2D eigenvalue weighted by molar-refractivity contribution is 5.70. The molecule has 0 bridgehead atoms. The number of carbonyl (C=O) groups excluding carboxylic acids is 1. The van der Waals surface area contributed by atoms with Crippen molar-refractivity contribution in [2.45, 2.75) is 56.8 Å². The van der Waals surface area contributed by atoms with E-state index in [1.165, 1.54) is 7.11 Å². The van der Waals surface area contributed by atoms with Crippen molar-refractivity contribution < 1.29 is 23.7 Å². The van der Waals surface area contributed by atoms with Crippen molar-refractivity contribution in [1.82, 2.24) is 5.32 Å². The van der Waals surface area contributed by atoms with Gasteiger partial charge in [0.1, 0.15) is 0 Å². The Hall–Kier alpha value is -0.690. The molecule has 23 heavy (non-hydrogen) atoms. The number of rotatable bonds is 5. The van der Waals surface area contributed by atoms with Gasteiger partial charge in [-0.15, -0.1) is 0 Å². The van der Waals surface area contributed by atoms with Crippen LogP contribution in [0.1, 0.15) is 45.4 Å². The fraction of sp³-hybridized carbons (Fsp3) is 0.941. The second-order valence-corrected chi connectivity index (χ2v) is 7.61.